The standard InChI is InChI=1S/C9H8F2O3/c1-5(12)7-4-6(14-9(10)11)2-3-8(7)13/h2-4,9,13H,1H3. The molecule has 0 amide bonds. The number of hydrogen-bond acceptors (Lipinski definition) is 3. The second-order valence-electron chi connectivity index (χ2n) is 2.61. The van der Waals surface area contributed by atoms with Crippen molar-refractivity contribution in [3.63, 3.8) is 0 Å². The molecule has 0 heterocycles. The van der Waals surface area contributed by atoms with Gasteiger partial charge in [0.15, 0.2) is 5.78 Å². The molecule has 0 aliphatic heterocycles. The Morgan fingerprint density at radius 1 is 1.50 bits per heavy atom. The number of carbonyl (C=O) groups excluding carboxylic acids is 1. The summed E-state index contributed by atoms with van der Waals surface area (Å²) >= 11 is 0. The topological polar surface area (TPSA) is 46.5 Å². The van der Waals surface area contributed by atoms with Crippen LogP contribution in [-0.4, -0.2) is 17.5 Å². The van der Waals surface area contributed by atoms with E-state index < -0.39 is 12.4 Å². The Morgan fingerprint density at radius 2 is 2.14 bits per heavy atom. The van der Waals surface area contributed by atoms with Gasteiger partial charge in [-0.1, -0.05) is 0 Å². The summed E-state index contributed by atoms with van der Waals surface area (Å²) in [4.78, 5) is 10.9. The van der Waals surface area contributed by atoms with Gasteiger partial charge in [0, 0.05) is 0 Å². The van der Waals surface area contributed by atoms with Gasteiger partial charge in [0.2, 0.25) is 0 Å². The Labute approximate surface area is 78.9 Å². The first-order chi connectivity index (χ1) is 6.50. The summed E-state index contributed by atoms with van der Waals surface area (Å²) in [6, 6.07) is 3.37. The van der Waals surface area contributed by atoms with E-state index in [1.807, 2.05) is 0 Å². The number of phenols is 1. The van der Waals surface area contributed by atoms with E-state index in [-0.39, 0.29) is 17.1 Å². The molecule has 14 heavy (non-hydrogen) atoms. The molecule has 1 N–H and O–H groups in total. The van der Waals surface area contributed by atoms with Crippen molar-refractivity contribution in [2.75, 3.05) is 0 Å². The molecule has 1 rings (SSSR count). The van der Waals surface area contributed by atoms with Gasteiger partial charge < -0.3 is 9.84 Å². The summed E-state index contributed by atoms with van der Waals surface area (Å²) in [5.74, 6) is -0.815. The maximum Gasteiger partial charge on any atom is 0.387 e. The first kappa shape index (κ1) is 10.4. The molecule has 1 aromatic carbocycles. The Hall–Kier alpha value is -1.65. The van der Waals surface area contributed by atoms with Crippen LogP contribution >= 0.6 is 0 Å². The SMILES string of the molecule is CC(=O)c1cc(OC(F)F)ccc1O. The first-order valence-electron chi connectivity index (χ1n) is 3.79. The molecule has 5 heteroatoms. The van der Waals surface area contributed by atoms with Crippen LogP contribution in [0.3, 0.4) is 0 Å². The summed E-state index contributed by atoms with van der Waals surface area (Å²) < 4.78 is 27.6. The average Bonchev–Trinajstić information content (AvgIpc) is 2.07. The van der Waals surface area contributed by atoms with Crippen LogP contribution in [0, 0.1) is 0 Å². The van der Waals surface area contributed by atoms with Crippen molar-refractivity contribution in [1.29, 1.82) is 0 Å². The summed E-state index contributed by atoms with van der Waals surface area (Å²) in [6.45, 7) is -1.72. The molecule has 76 valence electrons. The Bertz CT molecular complexity index is 350. The molecule has 0 saturated heterocycles. The van der Waals surface area contributed by atoms with Crippen LogP contribution in [0.4, 0.5) is 8.78 Å². The lowest BCUT2D eigenvalue weighted by Crippen LogP contribution is -2.03. The van der Waals surface area contributed by atoms with Gasteiger partial charge in [-0.15, -0.1) is 0 Å². The maximum atomic E-state index is 11.8. The van der Waals surface area contributed by atoms with Crippen LogP contribution in [-0.2, 0) is 0 Å². The van der Waals surface area contributed by atoms with E-state index in [0.717, 1.165) is 18.2 Å². The van der Waals surface area contributed by atoms with E-state index >= 15 is 0 Å². The van der Waals surface area contributed by atoms with E-state index in [1.54, 1.807) is 0 Å². The summed E-state index contributed by atoms with van der Waals surface area (Å²) in [7, 11) is 0. The Morgan fingerprint density at radius 3 is 2.64 bits per heavy atom. The highest BCUT2D eigenvalue weighted by Crippen LogP contribution is 2.24. The summed E-state index contributed by atoms with van der Waals surface area (Å²) in [5.41, 5.74) is -0.0387. The van der Waals surface area contributed by atoms with Crippen molar-refractivity contribution in [2.24, 2.45) is 0 Å². The zero-order valence-electron chi connectivity index (χ0n) is 7.33. The molecule has 0 radical (unpaired) electrons. The average molecular weight is 202 g/mol. The van der Waals surface area contributed by atoms with Gasteiger partial charge in [0.05, 0.1) is 5.56 Å². The van der Waals surface area contributed by atoms with Crippen molar-refractivity contribution in [2.45, 2.75) is 13.5 Å². The van der Waals surface area contributed by atoms with Crippen molar-refractivity contribution >= 4 is 5.78 Å². The number of alkyl halides is 2. The number of ketones is 1. The Balaban J connectivity index is 3.00. The number of hydrogen-bond donors (Lipinski definition) is 1. The third kappa shape index (κ3) is 2.42. The van der Waals surface area contributed by atoms with Crippen LogP contribution < -0.4 is 4.74 Å². The molecule has 1 aromatic rings. The highest BCUT2D eigenvalue weighted by Gasteiger charge is 2.10. The van der Waals surface area contributed by atoms with E-state index in [9.17, 15) is 18.7 Å². The number of Topliss-reactive ketones (excluding diaryl/α,β-unsaturated/α-hetero) is 1. The predicted octanol–water partition coefficient (Wildman–Crippen LogP) is 2.20. The minimum Gasteiger partial charge on any atom is -0.507 e. The number of ether oxygens (including phenoxy) is 1. The number of aromatic hydroxyl groups is 1. The summed E-state index contributed by atoms with van der Waals surface area (Å²) in [5, 5.41) is 9.18. The maximum absolute atomic E-state index is 11.8. The molecular weight excluding hydrogens is 194 g/mol. The van der Waals surface area contributed by atoms with Crippen LogP contribution in [0.25, 0.3) is 0 Å². The van der Waals surface area contributed by atoms with Crippen molar-refractivity contribution < 1.29 is 23.4 Å². The minimum absolute atomic E-state index is 0.0387. The molecule has 3 nitrogen and oxygen atoms in total. The minimum atomic E-state index is -2.95. The van der Waals surface area contributed by atoms with Crippen LogP contribution in [0.5, 0.6) is 11.5 Å². The fourth-order valence-electron chi connectivity index (χ4n) is 0.973. The second-order valence-corrected chi connectivity index (χ2v) is 2.61. The van der Waals surface area contributed by atoms with Gasteiger partial charge in [0.1, 0.15) is 11.5 Å². The molecule has 0 spiro atoms. The van der Waals surface area contributed by atoms with Gasteiger partial charge in [-0.3, -0.25) is 4.79 Å². The third-order valence-corrected chi connectivity index (χ3v) is 1.57. The van der Waals surface area contributed by atoms with Gasteiger partial charge in [0.25, 0.3) is 0 Å². The first-order valence-corrected chi connectivity index (χ1v) is 3.79. The quantitative estimate of drug-likeness (QED) is 0.764. The van der Waals surface area contributed by atoms with Crippen LogP contribution in [0.2, 0.25) is 0 Å². The van der Waals surface area contributed by atoms with Crippen molar-refractivity contribution in [1.82, 2.24) is 0 Å². The zero-order valence-corrected chi connectivity index (χ0v) is 7.33. The van der Waals surface area contributed by atoms with E-state index in [0.29, 0.717) is 0 Å². The number of halogens is 2. The molecule has 0 unspecified atom stereocenters. The fourth-order valence-corrected chi connectivity index (χ4v) is 0.973. The lowest BCUT2D eigenvalue weighted by atomic mass is 10.1. The van der Waals surface area contributed by atoms with Gasteiger partial charge >= 0.3 is 6.61 Å². The second kappa shape index (κ2) is 4.04. The third-order valence-electron chi connectivity index (χ3n) is 1.57. The van der Waals surface area contributed by atoms with Gasteiger partial charge in [-0.25, -0.2) is 0 Å². The van der Waals surface area contributed by atoms with Crippen molar-refractivity contribution in [3.05, 3.63) is 23.8 Å². The van der Waals surface area contributed by atoms with E-state index in [1.165, 1.54) is 6.92 Å². The van der Waals surface area contributed by atoms with Crippen LogP contribution in [0.15, 0.2) is 18.2 Å². The smallest absolute Gasteiger partial charge is 0.387 e. The molecule has 0 aliphatic rings. The summed E-state index contributed by atoms with van der Waals surface area (Å²) in [6.07, 6.45) is 0. The lowest BCUT2D eigenvalue weighted by molar-refractivity contribution is -0.0499. The molecule has 0 bridgehead atoms. The number of benzene rings is 1. The van der Waals surface area contributed by atoms with Crippen molar-refractivity contribution in [3.8, 4) is 11.5 Å². The fraction of sp³-hybridized carbons (Fsp3) is 0.222. The molecule has 0 atom stereocenters. The van der Waals surface area contributed by atoms with Crippen LogP contribution in [0.1, 0.15) is 17.3 Å². The van der Waals surface area contributed by atoms with E-state index in [4.69, 9.17) is 0 Å². The lowest BCUT2D eigenvalue weighted by Gasteiger charge is -2.06. The highest BCUT2D eigenvalue weighted by molar-refractivity contribution is 5.97. The number of carbonyl (C=O) groups is 1. The van der Waals surface area contributed by atoms with Gasteiger partial charge in [-0.2, -0.15) is 8.78 Å². The monoisotopic (exact) mass is 202 g/mol. The molecule has 0 aliphatic carbocycles. The Kier molecular flexibility index (Phi) is 3.01. The van der Waals surface area contributed by atoms with E-state index in [2.05, 4.69) is 4.74 Å². The highest BCUT2D eigenvalue weighted by atomic mass is 19.3. The predicted molar refractivity (Wildman–Crippen MR) is 44.7 cm³/mol. The zero-order chi connectivity index (χ0) is 10.7. The number of rotatable bonds is 3. The van der Waals surface area contributed by atoms with Gasteiger partial charge in [-0.05, 0) is 25.1 Å². The number of phenolic OH excluding ortho intramolecular Hbond substituents is 1. The largest absolute Gasteiger partial charge is 0.507 e. The molecule has 0 fully saturated rings. The molecule has 0 saturated carbocycles. The molecule has 0 aromatic heterocycles. The normalized spacial score (nSPS) is 10.3. The molecular formula is C9H8F2O3.